The van der Waals surface area contributed by atoms with Crippen LogP contribution in [0.4, 0.5) is 0 Å². The highest BCUT2D eigenvalue weighted by molar-refractivity contribution is 6.32. The first-order valence-corrected chi connectivity index (χ1v) is 10.3. The number of rotatable bonds is 6. The van der Waals surface area contributed by atoms with Crippen molar-refractivity contribution >= 4 is 40.0 Å². The van der Waals surface area contributed by atoms with Gasteiger partial charge in [-0.2, -0.15) is 5.26 Å². The number of carboxylic acid groups (broad SMARTS) is 1. The maximum atomic E-state index is 11.1. The lowest BCUT2D eigenvalue weighted by molar-refractivity contribution is 0.0696. The van der Waals surface area contributed by atoms with Crippen LogP contribution in [0.15, 0.2) is 84.9 Å². The number of carboxylic acids is 1. The van der Waals surface area contributed by atoms with Crippen molar-refractivity contribution in [1.29, 1.82) is 5.26 Å². The quantitative estimate of drug-likeness (QED) is 0.264. The van der Waals surface area contributed by atoms with E-state index in [1.807, 2.05) is 48.5 Å². The third-order valence-electron chi connectivity index (χ3n) is 5.02. The third kappa shape index (κ3) is 4.80. The van der Waals surface area contributed by atoms with Crippen molar-refractivity contribution in [3.63, 3.8) is 0 Å². The Morgan fingerprint density at radius 1 is 0.938 bits per heavy atom. The molecule has 0 aliphatic heterocycles. The summed E-state index contributed by atoms with van der Waals surface area (Å²) in [6, 6.07) is 28.1. The Morgan fingerprint density at radius 2 is 1.75 bits per heavy atom. The standard InChI is InChI=1S/C27H18ClNO3/c28-25-14-18(8-11-26(25)32-17-19-4-3-7-23(13-19)27(30)31)12-24(16-29)22-10-9-20-5-1-2-6-21(20)15-22/h1-15H,17H2,(H,30,31)/b24-12-. The smallest absolute Gasteiger partial charge is 0.335 e. The van der Waals surface area contributed by atoms with E-state index in [0.29, 0.717) is 16.3 Å². The lowest BCUT2D eigenvalue weighted by atomic mass is 10.00. The van der Waals surface area contributed by atoms with E-state index in [2.05, 4.69) is 6.07 Å². The van der Waals surface area contributed by atoms with Crippen LogP contribution >= 0.6 is 11.6 Å². The minimum Gasteiger partial charge on any atom is -0.487 e. The van der Waals surface area contributed by atoms with E-state index in [4.69, 9.17) is 21.4 Å². The number of benzene rings is 4. The summed E-state index contributed by atoms with van der Waals surface area (Å²) < 4.78 is 5.77. The van der Waals surface area contributed by atoms with Crippen LogP contribution in [0.25, 0.3) is 22.4 Å². The topological polar surface area (TPSA) is 70.3 Å². The van der Waals surface area contributed by atoms with Gasteiger partial charge >= 0.3 is 5.97 Å². The van der Waals surface area contributed by atoms with Gasteiger partial charge < -0.3 is 9.84 Å². The zero-order chi connectivity index (χ0) is 22.5. The minimum absolute atomic E-state index is 0.191. The van der Waals surface area contributed by atoms with Crippen LogP contribution in [0, 0.1) is 11.3 Å². The average molecular weight is 440 g/mol. The predicted octanol–water partition coefficient (Wildman–Crippen LogP) is 6.83. The number of hydrogen-bond donors (Lipinski definition) is 1. The molecule has 156 valence electrons. The highest BCUT2D eigenvalue weighted by Gasteiger charge is 2.08. The number of nitrogens with zero attached hydrogens (tertiary/aromatic N) is 1. The van der Waals surface area contributed by atoms with E-state index < -0.39 is 5.97 Å². The molecule has 5 heteroatoms. The monoisotopic (exact) mass is 439 g/mol. The summed E-state index contributed by atoms with van der Waals surface area (Å²) in [7, 11) is 0. The maximum Gasteiger partial charge on any atom is 0.335 e. The average Bonchev–Trinajstić information content (AvgIpc) is 2.82. The van der Waals surface area contributed by atoms with E-state index in [0.717, 1.165) is 27.5 Å². The van der Waals surface area contributed by atoms with Crippen LogP contribution in [0.3, 0.4) is 0 Å². The van der Waals surface area contributed by atoms with Crippen molar-refractivity contribution in [2.24, 2.45) is 0 Å². The molecule has 32 heavy (non-hydrogen) atoms. The molecular formula is C27H18ClNO3. The van der Waals surface area contributed by atoms with Crippen LogP contribution in [0.2, 0.25) is 5.02 Å². The summed E-state index contributed by atoms with van der Waals surface area (Å²) in [6.45, 7) is 0.191. The molecule has 0 radical (unpaired) electrons. The van der Waals surface area contributed by atoms with Gasteiger partial charge in [-0.3, -0.25) is 0 Å². The largest absolute Gasteiger partial charge is 0.487 e. The number of nitriles is 1. The Labute approximate surface area is 190 Å². The zero-order valence-corrected chi connectivity index (χ0v) is 17.7. The van der Waals surface area contributed by atoms with Gasteiger partial charge in [0.05, 0.1) is 22.2 Å². The van der Waals surface area contributed by atoms with Crippen molar-refractivity contribution < 1.29 is 14.6 Å². The van der Waals surface area contributed by atoms with E-state index >= 15 is 0 Å². The summed E-state index contributed by atoms with van der Waals surface area (Å²) in [4.78, 5) is 11.1. The molecule has 0 fully saturated rings. The van der Waals surface area contributed by atoms with Crippen LogP contribution in [0.1, 0.15) is 27.0 Å². The molecule has 0 aromatic heterocycles. The van der Waals surface area contributed by atoms with Crippen LogP contribution in [-0.4, -0.2) is 11.1 Å². The minimum atomic E-state index is -0.985. The summed E-state index contributed by atoms with van der Waals surface area (Å²) in [6.07, 6.45) is 1.79. The van der Waals surface area contributed by atoms with Crippen LogP contribution < -0.4 is 4.74 Å². The Hall–Kier alpha value is -4.07. The highest BCUT2D eigenvalue weighted by atomic mass is 35.5. The van der Waals surface area contributed by atoms with Crippen molar-refractivity contribution in [1.82, 2.24) is 0 Å². The van der Waals surface area contributed by atoms with Gasteiger partial charge in [0.15, 0.2) is 0 Å². The number of halogens is 1. The van der Waals surface area contributed by atoms with Crippen molar-refractivity contribution in [3.05, 3.63) is 112 Å². The molecule has 0 unspecified atom stereocenters. The molecule has 0 bridgehead atoms. The number of carbonyl (C=O) groups is 1. The Balaban J connectivity index is 1.54. The molecular weight excluding hydrogens is 422 g/mol. The van der Waals surface area contributed by atoms with Crippen LogP contribution in [0.5, 0.6) is 5.75 Å². The van der Waals surface area contributed by atoms with Gasteiger partial charge in [-0.1, -0.05) is 66.2 Å². The number of fused-ring (bicyclic) bond motifs is 1. The van der Waals surface area contributed by atoms with E-state index in [-0.39, 0.29) is 12.2 Å². The molecule has 0 saturated carbocycles. The number of hydrogen-bond acceptors (Lipinski definition) is 3. The molecule has 4 aromatic rings. The number of ether oxygens (including phenoxy) is 1. The Kier molecular flexibility index (Phi) is 6.21. The SMILES string of the molecule is N#C/C(=C/c1ccc(OCc2cccc(C(=O)O)c2)c(Cl)c1)c1ccc2ccccc2c1. The Morgan fingerprint density at radius 3 is 2.50 bits per heavy atom. The molecule has 0 atom stereocenters. The van der Waals surface area contributed by atoms with Gasteiger partial charge in [0.1, 0.15) is 12.4 Å². The summed E-state index contributed by atoms with van der Waals surface area (Å²) >= 11 is 6.40. The molecule has 0 heterocycles. The number of aromatic carboxylic acids is 1. The van der Waals surface area contributed by atoms with Gasteiger partial charge in [-0.15, -0.1) is 0 Å². The van der Waals surface area contributed by atoms with E-state index in [1.165, 1.54) is 6.07 Å². The molecule has 4 nitrogen and oxygen atoms in total. The van der Waals surface area contributed by atoms with Gasteiger partial charge in [0.2, 0.25) is 0 Å². The second-order valence-corrected chi connectivity index (χ2v) is 7.62. The van der Waals surface area contributed by atoms with Gasteiger partial charge in [-0.25, -0.2) is 4.79 Å². The lowest BCUT2D eigenvalue weighted by Gasteiger charge is -2.10. The fraction of sp³-hybridized carbons (Fsp3) is 0.0370. The molecule has 4 aromatic carbocycles. The van der Waals surface area contributed by atoms with Crippen molar-refractivity contribution in [3.8, 4) is 11.8 Å². The summed E-state index contributed by atoms with van der Waals surface area (Å²) in [5.74, 6) is -0.505. The number of allylic oxidation sites excluding steroid dienone is 1. The van der Waals surface area contributed by atoms with Gasteiger partial charge in [-0.05, 0) is 63.9 Å². The van der Waals surface area contributed by atoms with E-state index in [9.17, 15) is 10.1 Å². The molecule has 0 spiro atoms. The fourth-order valence-electron chi connectivity index (χ4n) is 3.38. The van der Waals surface area contributed by atoms with Crippen molar-refractivity contribution in [2.45, 2.75) is 6.61 Å². The maximum absolute atomic E-state index is 11.1. The lowest BCUT2D eigenvalue weighted by Crippen LogP contribution is -2.00. The first-order valence-electron chi connectivity index (χ1n) is 9.89. The normalized spacial score (nSPS) is 11.2. The van der Waals surface area contributed by atoms with Crippen LogP contribution in [-0.2, 0) is 6.61 Å². The molecule has 0 amide bonds. The molecule has 0 aliphatic rings. The first kappa shape index (κ1) is 21.2. The first-order chi connectivity index (χ1) is 15.5. The fourth-order valence-corrected chi connectivity index (χ4v) is 3.63. The second-order valence-electron chi connectivity index (χ2n) is 7.22. The summed E-state index contributed by atoms with van der Waals surface area (Å²) in [5, 5.41) is 21.4. The van der Waals surface area contributed by atoms with Gasteiger partial charge in [0, 0.05) is 0 Å². The van der Waals surface area contributed by atoms with E-state index in [1.54, 1.807) is 36.4 Å². The molecule has 1 N–H and O–H groups in total. The molecule has 0 saturated heterocycles. The molecule has 4 rings (SSSR count). The molecule has 0 aliphatic carbocycles. The zero-order valence-electron chi connectivity index (χ0n) is 17.0. The Bertz CT molecular complexity index is 1390. The third-order valence-corrected chi connectivity index (χ3v) is 5.31. The van der Waals surface area contributed by atoms with Gasteiger partial charge in [0.25, 0.3) is 0 Å². The summed E-state index contributed by atoms with van der Waals surface area (Å²) in [5.41, 5.74) is 3.08. The second kappa shape index (κ2) is 9.38. The predicted molar refractivity (Wildman–Crippen MR) is 127 cm³/mol. The highest BCUT2D eigenvalue weighted by Crippen LogP contribution is 2.29. The van der Waals surface area contributed by atoms with Crippen molar-refractivity contribution in [2.75, 3.05) is 0 Å².